The van der Waals surface area contributed by atoms with Crippen LogP contribution >= 0.6 is 0 Å². The summed E-state index contributed by atoms with van der Waals surface area (Å²) >= 11 is 0. The van der Waals surface area contributed by atoms with Crippen LogP contribution in [0.3, 0.4) is 0 Å². The van der Waals surface area contributed by atoms with E-state index in [0.717, 1.165) is 12.2 Å². The normalized spacial score (nSPS) is 10.6. The Labute approximate surface area is 119 Å². The van der Waals surface area contributed by atoms with Gasteiger partial charge in [0, 0.05) is 25.0 Å². The largest absolute Gasteiger partial charge is 0.397 e. The number of carbonyl (C=O) groups is 1. The van der Waals surface area contributed by atoms with Crippen LogP contribution in [0.4, 0.5) is 11.4 Å². The van der Waals surface area contributed by atoms with Crippen molar-refractivity contribution in [1.82, 2.24) is 4.57 Å². The maximum absolute atomic E-state index is 12.7. The van der Waals surface area contributed by atoms with Gasteiger partial charge < -0.3 is 15.2 Å². The highest BCUT2D eigenvalue weighted by molar-refractivity contribution is 6.05. The second kappa shape index (κ2) is 5.82. The Kier molecular flexibility index (Phi) is 4.13. The molecule has 0 radical (unpaired) electrons. The van der Waals surface area contributed by atoms with Gasteiger partial charge in [0.25, 0.3) is 5.91 Å². The molecule has 0 aliphatic heterocycles. The third-order valence-corrected chi connectivity index (χ3v) is 3.38. The lowest BCUT2D eigenvalue weighted by Crippen LogP contribution is -2.32. The van der Waals surface area contributed by atoms with E-state index < -0.39 is 0 Å². The molecule has 0 aliphatic rings. The van der Waals surface area contributed by atoms with Crippen molar-refractivity contribution in [3.63, 3.8) is 0 Å². The number of nitrogens with zero attached hydrogens (tertiary/aromatic N) is 2. The second-order valence-corrected chi connectivity index (χ2v) is 4.83. The summed E-state index contributed by atoms with van der Waals surface area (Å²) in [5.74, 6) is -0.0186. The zero-order valence-electron chi connectivity index (χ0n) is 12.3. The van der Waals surface area contributed by atoms with Gasteiger partial charge in [-0.25, -0.2) is 0 Å². The molecule has 2 aromatic rings. The van der Waals surface area contributed by atoms with Crippen LogP contribution in [-0.2, 0) is 6.54 Å². The Hall–Kier alpha value is -2.23. The number of hydrogen-bond donors (Lipinski definition) is 1. The summed E-state index contributed by atoms with van der Waals surface area (Å²) in [6.45, 7) is 7.35. The van der Waals surface area contributed by atoms with Gasteiger partial charge in [-0.05, 0) is 39.0 Å². The highest BCUT2D eigenvalue weighted by Crippen LogP contribution is 2.20. The molecule has 0 saturated heterocycles. The molecule has 1 amide bonds. The number of hydrogen-bond acceptors (Lipinski definition) is 2. The fourth-order valence-electron chi connectivity index (χ4n) is 2.28. The molecule has 0 fully saturated rings. The van der Waals surface area contributed by atoms with E-state index in [2.05, 4.69) is 0 Å². The molecule has 106 valence electrons. The van der Waals surface area contributed by atoms with Crippen molar-refractivity contribution in [2.24, 2.45) is 0 Å². The number of aryl methyl sites for hydroxylation is 2. The van der Waals surface area contributed by atoms with Crippen LogP contribution in [-0.4, -0.2) is 17.0 Å². The van der Waals surface area contributed by atoms with E-state index in [1.165, 1.54) is 5.56 Å². The molecule has 0 spiro atoms. The Morgan fingerprint density at radius 2 is 1.90 bits per heavy atom. The van der Waals surface area contributed by atoms with Crippen LogP contribution in [0.25, 0.3) is 0 Å². The van der Waals surface area contributed by atoms with Crippen LogP contribution in [0, 0.1) is 6.92 Å². The number of rotatable bonds is 4. The van der Waals surface area contributed by atoms with Crippen LogP contribution in [0.2, 0.25) is 0 Å². The summed E-state index contributed by atoms with van der Waals surface area (Å²) in [7, 11) is 0. The van der Waals surface area contributed by atoms with E-state index in [-0.39, 0.29) is 5.91 Å². The molecule has 0 atom stereocenters. The molecule has 2 N–H and O–H groups in total. The number of carbonyl (C=O) groups excluding carboxylic acids is 1. The fraction of sp³-hybridized carbons (Fsp3) is 0.312. The van der Waals surface area contributed by atoms with E-state index in [1.54, 1.807) is 17.2 Å². The van der Waals surface area contributed by atoms with Gasteiger partial charge in [-0.15, -0.1) is 0 Å². The highest BCUT2D eigenvalue weighted by Gasteiger charge is 2.19. The predicted octanol–water partition coefficient (Wildman–Crippen LogP) is 3.07. The van der Waals surface area contributed by atoms with Gasteiger partial charge in [0.05, 0.1) is 5.69 Å². The van der Waals surface area contributed by atoms with Crippen LogP contribution in [0.15, 0.2) is 36.5 Å². The van der Waals surface area contributed by atoms with Gasteiger partial charge >= 0.3 is 0 Å². The van der Waals surface area contributed by atoms with E-state index in [0.29, 0.717) is 17.9 Å². The second-order valence-electron chi connectivity index (χ2n) is 4.83. The van der Waals surface area contributed by atoms with Crippen molar-refractivity contribution < 1.29 is 4.79 Å². The molecule has 0 bridgehead atoms. The molecule has 0 unspecified atom stereocenters. The molecule has 4 nitrogen and oxygen atoms in total. The molecule has 0 aliphatic carbocycles. The topological polar surface area (TPSA) is 51.3 Å². The Bertz CT molecular complexity index is 599. The van der Waals surface area contributed by atoms with Gasteiger partial charge in [-0.1, -0.05) is 17.7 Å². The van der Waals surface area contributed by atoms with E-state index in [9.17, 15) is 4.79 Å². The van der Waals surface area contributed by atoms with Crippen LogP contribution in [0.5, 0.6) is 0 Å². The summed E-state index contributed by atoms with van der Waals surface area (Å²) in [6, 6.07) is 9.71. The molecule has 4 heteroatoms. The molecule has 2 rings (SSSR count). The van der Waals surface area contributed by atoms with E-state index >= 15 is 0 Å². The first-order valence-corrected chi connectivity index (χ1v) is 6.91. The van der Waals surface area contributed by atoms with Crippen molar-refractivity contribution in [3.05, 3.63) is 47.8 Å². The number of nitrogens with two attached hydrogens (primary N) is 1. The summed E-state index contributed by atoms with van der Waals surface area (Å²) in [4.78, 5) is 14.5. The lowest BCUT2D eigenvalue weighted by Gasteiger charge is -2.21. The smallest absolute Gasteiger partial charge is 0.274 e. The number of anilines is 2. The number of amides is 1. The molecule has 1 heterocycles. The number of aromatic nitrogens is 1. The van der Waals surface area contributed by atoms with Crippen molar-refractivity contribution in [1.29, 1.82) is 0 Å². The SMILES string of the molecule is CCN(C(=O)c1cc(N)cn1CC)c1ccc(C)cc1. The first kappa shape index (κ1) is 14.2. The Balaban J connectivity index is 2.36. The van der Waals surface area contributed by atoms with Crippen molar-refractivity contribution in [2.45, 2.75) is 27.3 Å². The first-order valence-electron chi connectivity index (χ1n) is 6.91. The molecule has 1 aromatic heterocycles. The average Bonchev–Trinajstić information content (AvgIpc) is 2.82. The highest BCUT2D eigenvalue weighted by atomic mass is 16.2. The first-order chi connectivity index (χ1) is 9.56. The maximum atomic E-state index is 12.7. The third-order valence-electron chi connectivity index (χ3n) is 3.38. The summed E-state index contributed by atoms with van der Waals surface area (Å²) in [5, 5.41) is 0. The minimum Gasteiger partial charge on any atom is -0.397 e. The number of benzene rings is 1. The lowest BCUT2D eigenvalue weighted by molar-refractivity contribution is 0.0979. The van der Waals surface area contributed by atoms with Gasteiger partial charge in [0.2, 0.25) is 0 Å². The van der Waals surface area contributed by atoms with Gasteiger partial charge in [0.15, 0.2) is 0 Å². The van der Waals surface area contributed by atoms with Crippen LogP contribution < -0.4 is 10.6 Å². The van der Waals surface area contributed by atoms with Crippen molar-refractivity contribution in [2.75, 3.05) is 17.2 Å². The molecule has 0 saturated carbocycles. The zero-order chi connectivity index (χ0) is 14.7. The maximum Gasteiger partial charge on any atom is 0.274 e. The van der Waals surface area contributed by atoms with Gasteiger partial charge in [0.1, 0.15) is 5.69 Å². The van der Waals surface area contributed by atoms with Crippen molar-refractivity contribution in [3.8, 4) is 0 Å². The zero-order valence-corrected chi connectivity index (χ0v) is 12.3. The van der Waals surface area contributed by atoms with Crippen LogP contribution in [0.1, 0.15) is 29.9 Å². The van der Waals surface area contributed by atoms with E-state index in [4.69, 9.17) is 5.73 Å². The van der Waals surface area contributed by atoms with Gasteiger partial charge in [-0.3, -0.25) is 4.79 Å². The molecular weight excluding hydrogens is 250 g/mol. The molecular formula is C16H21N3O. The predicted molar refractivity (Wildman–Crippen MR) is 83.0 cm³/mol. The lowest BCUT2D eigenvalue weighted by atomic mass is 10.2. The Morgan fingerprint density at radius 3 is 2.45 bits per heavy atom. The summed E-state index contributed by atoms with van der Waals surface area (Å²) in [6.07, 6.45) is 1.80. The Morgan fingerprint density at radius 1 is 1.25 bits per heavy atom. The summed E-state index contributed by atoms with van der Waals surface area (Å²) < 4.78 is 1.88. The minimum atomic E-state index is -0.0186. The average molecular weight is 271 g/mol. The molecule has 20 heavy (non-hydrogen) atoms. The fourth-order valence-corrected chi connectivity index (χ4v) is 2.28. The van der Waals surface area contributed by atoms with Crippen molar-refractivity contribution >= 4 is 17.3 Å². The minimum absolute atomic E-state index is 0.0186. The summed E-state index contributed by atoms with van der Waals surface area (Å²) in [5.41, 5.74) is 9.14. The van der Waals surface area contributed by atoms with Gasteiger partial charge in [-0.2, -0.15) is 0 Å². The number of nitrogen functional groups attached to an aromatic ring is 1. The monoisotopic (exact) mass is 271 g/mol. The van der Waals surface area contributed by atoms with E-state index in [1.807, 2.05) is 49.6 Å². The standard InChI is InChI=1S/C16H21N3O/c1-4-18-11-13(17)10-15(18)16(20)19(5-2)14-8-6-12(3)7-9-14/h6-11H,4-5,17H2,1-3H3. The third kappa shape index (κ3) is 2.69. The molecule has 1 aromatic carbocycles. The quantitative estimate of drug-likeness (QED) is 0.929.